The lowest BCUT2D eigenvalue weighted by Gasteiger charge is -2.40. The van der Waals surface area contributed by atoms with Gasteiger partial charge in [-0.1, -0.05) is 23.7 Å². The Hall–Kier alpha value is -2.55. The maximum Gasteiger partial charge on any atom is 0.407 e. The number of aliphatic hydroxyl groups excluding tert-OH is 1. The molecule has 5 rings (SSSR count). The number of thiophene rings is 1. The van der Waals surface area contributed by atoms with Gasteiger partial charge >= 0.3 is 12.0 Å². The molecular formula is C32H40ClF2N3O6S2. The van der Waals surface area contributed by atoms with Gasteiger partial charge in [0.15, 0.2) is 0 Å². The van der Waals surface area contributed by atoms with Crippen molar-refractivity contribution in [2.75, 3.05) is 13.1 Å². The van der Waals surface area contributed by atoms with Crippen LogP contribution in [0.2, 0.25) is 4.34 Å². The quantitative estimate of drug-likeness (QED) is 0.218. The largest absolute Gasteiger partial charge is 0.490 e. The van der Waals surface area contributed by atoms with Crippen molar-refractivity contribution >= 4 is 49.8 Å². The molecule has 2 unspecified atom stereocenters. The van der Waals surface area contributed by atoms with E-state index >= 15 is 8.78 Å². The van der Waals surface area contributed by atoms with Crippen molar-refractivity contribution in [3.63, 3.8) is 0 Å². The number of piperidine rings is 1. The summed E-state index contributed by atoms with van der Waals surface area (Å²) < 4.78 is 73.1. The van der Waals surface area contributed by atoms with Crippen LogP contribution in [-0.4, -0.2) is 67.6 Å². The highest BCUT2D eigenvalue weighted by atomic mass is 35.5. The maximum atomic E-state index is 16.1. The molecule has 252 valence electrons. The van der Waals surface area contributed by atoms with Crippen molar-refractivity contribution < 1.29 is 36.6 Å². The number of hydrogen-bond donors (Lipinski definition) is 3. The number of alkyl carbamates (subject to hydrolysis) is 1. The van der Waals surface area contributed by atoms with Gasteiger partial charge in [0, 0.05) is 19.1 Å². The summed E-state index contributed by atoms with van der Waals surface area (Å²) in [7, 11) is -4.54. The molecule has 46 heavy (non-hydrogen) atoms. The van der Waals surface area contributed by atoms with Crippen LogP contribution < -0.4 is 14.8 Å². The molecule has 3 aromatic rings. The number of halogens is 3. The topological polar surface area (TPSA) is 117 Å². The molecule has 9 nitrogen and oxygen atoms in total. The van der Waals surface area contributed by atoms with E-state index in [0.717, 1.165) is 37.1 Å². The molecular weight excluding hydrogens is 660 g/mol. The van der Waals surface area contributed by atoms with Gasteiger partial charge in [0.05, 0.1) is 20.2 Å². The Kier molecular flexibility index (Phi) is 10.5. The van der Waals surface area contributed by atoms with Gasteiger partial charge in [0.2, 0.25) is 10.0 Å². The van der Waals surface area contributed by atoms with Gasteiger partial charge in [-0.3, -0.25) is 4.90 Å². The number of benzene rings is 2. The summed E-state index contributed by atoms with van der Waals surface area (Å²) in [6.07, 6.45) is 2.60. The SMILES string of the molecule is CC(C)(C)OC(=O)NC1CCN(C(O)C(NS(=O)(=O)c2ccc3cc(OC4CCCC4)ccc3c2)C(F)(F)c2ccc(Cl)s2)CC1. The van der Waals surface area contributed by atoms with E-state index in [2.05, 4.69) is 10.0 Å². The van der Waals surface area contributed by atoms with E-state index in [-0.39, 0.29) is 34.5 Å². The van der Waals surface area contributed by atoms with Crippen LogP contribution in [0.5, 0.6) is 5.75 Å². The molecule has 0 radical (unpaired) electrons. The molecule has 2 atom stereocenters. The number of carbonyl (C=O) groups excluding carboxylic acids is 1. The van der Waals surface area contributed by atoms with Crippen LogP contribution in [0.4, 0.5) is 13.6 Å². The van der Waals surface area contributed by atoms with E-state index < -0.39 is 44.8 Å². The van der Waals surface area contributed by atoms with Gasteiger partial charge in [-0.05, 0) is 106 Å². The summed E-state index contributed by atoms with van der Waals surface area (Å²) in [5, 5.41) is 15.5. The predicted octanol–water partition coefficient (Wildman–Crippen LogP) is 6.62. The third kappa shape index (κ3) is 8.48. The Morgan fingerprint density at radius 1 is 1.02 bits per heavy atom. The summed E-state index contributed by atoms with van der Waals surface area (Å²) in [4.78, 5) is 12.9. The first-order valence-corrected chi connectivity index (χ1v) is 18.1. The number of likely N-dealkylation sites (tertiary alicyclic amines) is 1. The number of sulfonamides is 1. The summed E-state index contributed by atoms with van der Waals surface area (Å²) in [6.45, 7) is 5.49. The lowest BCUT2D eigenvalue weighted by Crippen LogP contribution is -2.60. The minimum Gasteiger partial charge on any atom is -0.490 e. The Labute approximate surface area is 277 Å². The molecule has 3 N–H and O–H groups in total. The second kappa shape index (κ2) is 13.9. The van der Waals surface area contributed by atoms with Gasteiger partial charge in [-0.15, -0.1) is 11.3 Å². The maximum absolute atomic E-state index is 16.1. The van der Waals surface area contributed by atoms with Crippen molar-refractivity contribution in [2.24, 2.45) is 0 Å². The minimum absolute atomic E-state index is 0.102. The highest BCUT2D eigenvalue weighted by Crippen LogP contribution is 2.40. The lowest BCUT2D eigenvalue weighted by atomic mass is 10.0. The average molecular weight is 700 g/mol. The van der Waals surface area contributed by atoms with Crippen molar-refractivity contribution in [3.05, 3.63) is 57.7 Å². The van der Waals surface area contributed by atoms with Gasteiger partial charge in [0.1, 0.15) is 23.6 Å². The van der Waals surface area contributed by atoms with Crippen LogP contribution in [0.1, 0.15) is 64.2 Å². The van der Waals surface area contributed by atoms with Crippen molar-refractivity contribution in [1.29, 1.82) is 0 Å². The van der Waals surface area contributed by atoms with E-state index in [9.17, 15) is 18.3 Å². The first kappa shape index (κ1) is 34.8. The highest BCUT2D eigenvalue weighted by molar-refractivity contribution is 7.89. The summed E-state index contributed by atoms with van der Waals surface area (Å²) in [5.74, 6) is -3.13. The second-order valence-corrected chi connectivity index (χ2v) is 16.3. The fraction of sp³-hybridized carbons (Fsp3) is 0.531. The summed E-state index contributed by atoms with van der Waals surface area (Å²) in [5.41, 5.74) is -0.682. The van der Waals surface area contributed by atoms with Crippen LogP contribution in [-0.2, 0) is 20.7 Å². The Balaban J connectivity index is 1.34. The molecule has 2 fully saturated rings. The first-order chi connectivity index (χ1) is 21.6. The van der Waals surface area contributed by atoms with Gasteiger partial charge < -0.3 is 19.9 Å². The lowest BCUT2D eigenvalue weighted by molar-refractivity contribution is -0.125. The number of nitrogens with one attached hydrogen (secondary N) is 2. The standard InChI is InChI=1S/C32H40ClF2N3O6S2/c1-31(2,3)44-30(40)36-22-14-16-38(17-15-22)29(39)28(32(34,35)26-12-13-27(33)45-26)37-46(41,42)25-11-9-20-18-24(10-8-21(20)19-25)43-23-6-4-5-7-23/h8-13,18-19,22-23,28-29,37,39H,4-7,14-17H2,1-3H3,(H,36,40). The molecule has 2 heterocycles. The Bertz CT molecular complexity index is 1630. The fourth-order valence-electron chi connectivity index (χ4n) is 5.84. The average Bonchev–Trinajstić information content (AvgIpc) is 3.67. The number of hydrogen-bond acceptors (Lipinski definition) is 8. The van der Waals surface area contributed by atoms with Gasteiger partial charge in [-0.25, -0.2) is 13.2 Å². The van der Waals surface area contributed by atoms with Crippen LogP contribution in [0, 0.1) is 0 Å². The van der Waals surface area contributed by atoms with E-state index in [4.69, 9.17) is 21.1 Å². The Morgan fingerprint density at radius 3 is 2.30 bits per heavy atom. The van der Waals surface area contributed by atoms with Crippen LogP contribution >= 0.6 is 22.9 Å². The number of amides is 1. The van der Waals surface area contributed by atoms with E-state index in [1.165, 1.54) is 23.1 Å². The minimum atomic E-state index is -4.54. The van der Waals surface area contributed by atoms with Crippen molar-refractivity contribution in [3.8, 4) is 5.75 Å². The van der Waals surface area contributed by atoms with Gasteiger partial charge in [0.25, 0.3) is 0 Å². The molecule has 14 heteroatoms. The molecule has 0 bridgehead atoms. The molecule has 2 aromatic carbocycles. The van der Waals surface area contributed by atoms with Crippen molar-refractivity contribution in [2.45, 2.75) is 100 Å². The fourth-order valence-corrected chi connectivity index (χ4v) is 8.17. The number of aliphatic hydroxyl groups is 1. The van der Waals surface area contributed by atoms with E-state index in [1.807, 2.05) is 6.07 Å². The molecule has 1 aromatic heterocycles. The Morgan fingerprint density at radius 2 is 1.67 bits per heavy atom. The zero-order valence-corrected chi connectivity index (χ0v) is 28.4. The van der Waals surface area contributed by atoms with E-state index in [0.29, 0.717) is 35.3 Å². The first-order valence-electron chi connectivity index (χ1n) is 15.4. The molecule has 1 amide bonds. The van der Waals surface area contributed by atoms with E-state index in [1.54, 1.807) is 39.0 Å². The van der Waals surface area contributed by atoms with Crippen LogP contribution in [0.25, 0.3) is 10.8 Å². The number of carbonyl (C=O) groups is 1. The zero-order valence-electron chi connectivity index (χ0n) is 26.0. The normalized spacial score (nSPS) is 18.8. The second-order valence-electron chi connectivity index (χ2n) is 12.9. The summed E-state index contributed by atoms with van der Waals surface area (Å²) in [6, 6.07) is 9.59. The summed E-state index contributed by atoms with van der Waals surface area (Å²) >= 11 is 6.57. The molecule has 1 aliphatic heterocycles. The molecule has 1 saturated carbocycles. The third-order valence-electron chi connectivity index (χ3n) is 8.20. The monoisotopic (exact) mass is 699 g/mol. The van der Waals surface area contributed by atoms with Crippen LogP contribution in [0.3, 0.4) is 0 Å². The smallest absolute Gasteiger partial charge is 0.407 e. The molecule has 2 aliphatic rings. The predicted molar refractivity (Wildman–Crippen MR) is 174 cm³/mol. The number of fused-ring (bicyclic) bond motifs is 1. The highest BCUT2D eigenvalue weighted by Gasteiger charge is 2.50. The molecule has 1 saturated heterocycles. The number of rotatable bonds is 10. The third-order valence-corrected chi connectivity index (χ3v) is 11.0. The molecule has 1 aliphatic carbocycles. The van der Waals surface area contributed by atoms with Crippen molar-refractivity contribution in [1.82, 2.24) is 14.9 Å². The molecule has 0 spiro atoms. The number of ether oxygens (including phenoxy) is 2. The van der Waals surface area contributed by atoms with Crippen LogP contribution in [0.15, 0.2) is 53.4 Å². The number of nitrogens with zero attached hydrogens (tertiary/aromatic N) is 1. The van der Waals surface area contributed by atoms with Gasteiger partial charge in [-0.2, -0.15) is 13.5 Å². The number of alkyl halides is 2. The zero-order chi connectivity index (χ0) is 33.3.